The lowest BCUT2D eigenvalue weighted by Crippen LogP contribution is -2.38. The van der Waals surface area contributed by atoms with Crippen molar-refractivity contribution in [3.8, 4) is 0 Å². The number of hydrogen-bond acceptors (Lipinski definition) is 3. The Kier molecular flexibility index (Phi) is 9.96. The number of unbranched alkanes of at least 4 members (excludes halogenated alkanes) is 1. The third-order valence-corrected chi connectivity index (χ3v) is 3.48. The molecule has 0 amide bonds. The second kappa shape index (κ2) is 11.7. The second-order valence-corrected chi connectivity index (χ2v) is 5.35. The molecule has 0 saturated carbocycles. The van der Waals surface area contributed by atoms with Crippen LogP contribution in [0.5, 0.6) is 0 Å². The van der Waals surface area contributed by atoms with E-state index in [1.165, 1.54) is 12.0 Å². The van der Waals surface area contributed by atoms with Gasteiger partial charge in [-0.3, -0.25) is 0 Å². The van der Waals surface area contributed by atoms with E-state index >= 15 is 0 Å². The predicted octanol–water partition coefficient (Wildman–Crippen LogP) is 3.01. The molecule has 0 atom stereocenters. The molecule has 2 N–H and O–H groups in total. The molecule has 0 aliphatic heterocycles. The molecule has 1 rings (SSSR count). The Balaban J connectivity index is 2.16. The van der Waals surface area contributed by atoms with Crippen LogP contribution in [0.2, 0.25) is 0 Å². The monoisotopic (exact) mass is 297 g/mol. The molecule has 0 spiro atoms. The van der Waals surface area contributed by atoms with E-state index in [0.717, 1.165) is 51.6 Å². The third-order valence-electron chi connectivity index (χ3n) is 2.74. The molecule has 0 bridgehead atoms. The smallest absolute Gasteiger partial charge is 0.191 e. The zero-order valence-electron chi connectivity index (χ0n) is 12.7. The Bertz CT molecular complexity index is 352. The number of guanidine groups is 1. The first kappa shape index (κ1) is 17.0. The Labute approximate surface area is 126 Å². The van der Waals surface area contributed by atoms with Gasteiger partial charge in [0, 0.05) is 26.3 Å². The van der Waals surface area contributed by atoms with Gasteiger partial charge in [0.2, 0.25) is 0 Å². The molecule has 1 aromatic rings. The lowest BCUT2D eigenvalue weighted by atomic mass is 10.3. The largest absolute Gasteiger partial charge is 0.381 e. The van der Waals surface area contributed by atoms with Crippen LogP contribution in [0.15, 0.2) is 21.8 Å². The zero-order chi connectivity index (χ0) is 14.5. The number of aliphatic imine (C=N–C) groups is 1. The molecule has 0 aliphatic carbocycles. The quantitative estimate of drug-likeness (QED) is 0.396. The van der Waals surface area contributed by atoms with Crippen molar-refractivity contribution < 1.29 is 4.74 Å². The van der Waals surface area contributed by atoms with Crippen LogP contribution in [0.1, 0.15) is 38.7 Å². The molecule has 5 heteroatoms. The molecule has 4 nitrogen and oxygen atoms in total. The van der Waals surface area contributed by atoms with Gasteiger partial charge >= 0.3 is 0 Å². The average Bonchev–Trinajstić information content (AvgIpc) is 2.97. The van der Waals surface area contributed by atoms with Crippen LogP contribution in [0.3, 0.4) is 0 Å². The maximum Gasteiger partial charge on any atom is 0.191 e. The molecule has 0 radical (unpaired) electrons. The minimum atomic E-state index is 0.728. The molecule has 0 aromatic carbocycles. The van der Waals surface area contributed by atoms with E-state index in [1.807, 2.05) is 0 Å². The van der Waals surface area contributed by atoms with Gasteiger partial charge in [0.1, 0.15) is 0 Å². The highest BCUT2D eigenvalue weighted by Crippen LogP contribution is 2.06. The van der Waals surface area contributed by atoms with Crippen molar-refractivity contribution in [3.63, 3.8) is 0 Å². The number of ether oxygens (including phenoxy) is 1. The molecular formula is C15H27N3OS. The highest BCUT2D eigenvalue weighted by molar-refractivity contribution is 7.07. The van der Waals surface area contributed by atoms with E-state index in [0.29, 0.717) is 0 Å². The zero-order valence-corrected chi connectivity index (χ0v) is 13.5. The van der Waals surface area contributed by atoms with Gasteiger partial charge in [-0.05, 0) is 42.2 Å². The van der Waals surface area contributed by atoms with Crippen LogP contribution in [0.25, 0.3) is 0 Å². The van der Waals surface area contributed by atoms with Crippen LogP contribution in [-0.4, -0.2) is 32.3 Å². The maximum absolute atomic E-state index is 5.54. The van der Waals surface area contributed by atoms with Gasteiger partial charge in [-0.1, -0.05) is 13.3 Å². The lowest BCUT2D eigenvalue weighted by Gasteiger charge is -2.11. The number of hydrogen-bond donors (Lipinski definition) is 2. The Hall–Kier alpha value is -1.07. The van der Waals surface area contributed by atoms with Crippen LogP contribution in [0.4, 0.5) is 0 Å². The van der Waals surface area contributed by atoms with Gasteiger partial charge in [-0.2, -0.15) is 11.3 Å². The molecule has 0 fully saturated rings. The minimum absolute atomic E-state index is 0.728. The predicted molar refractivity (Wildman–Crippen MR) is 87.5 cm³/mol. The summed E-state index contributed by atoms with van der Waals surface area (Å²) in [4.78, 5) is 4.56. The Morgan fingerprint density at radius 1 is 1.25 bits per heavy atom. The molecule has 0 saturated heterocycles. The summed E-state index contributed by atoms with van der Waals surface area (Å²) in [6.45, 7) is 8.45. The fourth-order valence-electron chi connectivity index (χ4n) is 1.62. The van der Waals surface area contributed by atoms with Gasteiger partial charge < -0.3 is 15.4 Å². The molecule has 0 aliphatic rings. The topological polar surface area (TPSA) is 45.6 Å². The molecular weight excluding hydrogens is 270 g/mol. The first-order chi connectivity index (χ1) is 9.86. The summed E-state index contributed by atoms with van der Waals surface area (Å²) in [5.74, 6) is 0.882. The highest BCUT2D eigenvalue weighted by Gasteiger charge is 1.97. The third kappa shape index (κ3) is 8.17. The molecule has 0 unspecified atom stereocenters. The van der Waals surface area contributed by atoms with E-state index in [9.17, 15) is 0 Å². The normalized spacial score (nSPS) is 11.6. The summed E-state index contributed by atoms with van der Waals surface area (Å²) in [5, 5.41) is 10.8. The summed E-state index contributed by atoms with van der Waals surface area (Å²) in [6, 6.07) is 2.11. The Morgan fingerprint density at radius 3 is 2.80 bits per heavy atom. The number of rotatable bonds is 10. The maximum atomic E-state index is 5.54. The Morgan fingerprint density at radius 2 is 2.10 bits per heavy atom. The average molecular weight is 297 g/mol. The van der Waals surface area contributed by atoms with E-state index < -0.39 is 0 Å². The van der Waals surface area contributed by atoms with Gasteiger partial charge in [0.05, 0.1) is 6.54 Å². The fourth-order valence-corrected chi connectivity index (χ4v) is 2.28. The first-order valence-electron chi connectivity index (χ1n) is 7.47. The minimum Gasteiger partial charge on any atom is -0.381 e. The SMILES string of the molecule is CCCCOCCCNC(=NCc1ccsc1)NCC. The summed E-state index contributed by atoms with van der Waals surface area (Å²) in [7, 11) is 0. The number of nitrogens with zero attached hydrogens (tertiary/aromatic N) is 1. The van der Waals surface area contributed by atoms with Crippen LogP contribution in [-0.2, 0) is 11.3 Å². The summed E-state index contributed by atoms with van der Waals surface area (Å²) >= 11 is 1.71. The molecule has 20 heavy (non-hydrogen) atoms. The van der Waals surface area contributed by atoms with Crippen LogP contribution in [0, 0.1) is 0 Å². The van der Waals surface area contributed by atoms with E-state index in [-0.39, 0.29) is 0 Å². The fraction of sp³-hybridized carbons (Fsp3) is 0.667. The van der Waals surface area contributed by atoms with Crippen molar-refractivity contribution in [1.82, 2.24) is 10.6 Å². The van der Waals surface area contributed by atoms with Gasteiger partial charge in [0.15, 0.2) is 5.96 Å². The molecule has 114 valence electrons. The van der Waals surface area contributed by atoms with E-state index in [4.69, 9.17) is 4.74 Å². The standard InChI is InChI=1S/C15H27N3OS/c1-3-5-9-19-10-6-8-17-15(16-4-2)18-12-14-7-11-20-13-14/h7,11,13H,3-6,8-10,12H2,1-2H3,(H2,16,17,18). The number of nitrogens with one attached hydrogen (secondary N) is 2. The second-order valence-electron chi connectivity index (χ2n) is 4.57. The van der Waals surface area contributed by atoms with Crippen LogP contribution < -0.4 is 10.6 Å². The summed E-state index contributed by atoms with van der Waals surface area (Å²) in [6.07, 6.45) is 3.35. The van der Waals surface area contributed by atoms with Crippen molar-refractivity contribution >= 4 is 17.3 Å². The molecule has 1 aromatic heterocycles. The highest BCUT2D eigenvalue weighted by atomic mass is 32.1. The first-order valence-corrected chi connectivity index (χ1v) is 8.42. The van der Waals surface area contributed by atoms with Crippen molar-refractivity contribution in [2.75, 3.05) is 26.3 Å². The van der Waals surface area contributed by atoms with E-state index in [1.54, 1.807) is 11.3 Å². The van der Waals surface area contributed by atoms with Crippen LogP contribution >= 0.6 is 11.3 Å². The van der Waals surface area contributed by atoms with Crippen molar-refractivity contribution in [2.45, 2.75) is 39.7 Å². The summed E-state index contributed by atoms with van der Waals surface area (Å²) < 4.78 is 5.54. The van der Waals surface area contributed by atoms with Crippen molar-refractivity contribution in [3.05, 3.63) is 22.4 Å². The van der Waals surface area contributed by atoms with Gasteiger partial charge in [-0.15, -0.1) is 0 Å². The van der Waals surface area contributed by atoms with Gasteiger partial charge in [0.25, 0.3) is 0 Å². The van der Waals surface area contributed by atoms with Crippen molar-refractivity contribution in [1.29, 1.82) is 0 Å². The number of thiophene rings is 1. The van der Waals surface area contributed by atoms with E-state index in [2.05, 4.69) is 46.3 Å². The molecule has 1 heterocycles. The lowest BCUT2D eigenvalue weighted by molar-refractivity contribution is 0.129. The summed E-state index contributed by atoms with van der Waals surface area (Å²) in [5.41, 5.74) is 1.26. The van der Waals surface area contributed by atoms with Crippen molar-refractivity contribution in [2.24, 2.45) is 4.99 Å². The van der Waals surface area contributed by atoms with Gasteiger partial charge in [-0.25, -0.2) is 4.99 Å².